The summed E-state index contributed by atoms with van der Waals surface area (Å²) in [6.45, 7) is 6.05. The summed E-state index contributed by atoms with van der Waals surface area (Å²) in [5, 5.41) is 13.0. The van der Waals surface area contributed by atoms with Gasteiger partial charge in [0.25, 0.3) is 11.6 Å². The van der Waals surface area contributed by atoms with Crippen LogP contribution in [0.4, 0.5) is 13.2 Å². The number of nitrogens with zero attached hydrogens (tertiary/aromatic N) is 6. The molecule has 0 fully saturated rings. The first-order chi connectivity index (χ1) is 13.6. The van der Waals surface area contributed by atoms with Crippen molar-refractivity contribution in [1.82, 2.24) is 39.7 Å². The van der Waals surface area contributed by atoms with Crippen LogP contribution >= 0.6 is 12.2 Å². The average molecular weight is 428 g/mol. The van der Waals surface area contributed by atoms with E-state index in [9.17, 15) is 18.0 Å². The molecule has 0 radical (unpaired) electrons. The SMILES string of the molecule is CCn1c(CNC(=O)CCc2c(C)nc3nc(C(F)(F)F)nn3c2C)n[nH]c1=S. The number of hydrogen-bond acceptors (Lipinski definition) is 6. The van der Waals surface area contributed by atoms with Crippen molar-refractivity contribution in [2.75, 3.05) is 0 Å². The molecule has 3 rings (SSSR count). The fraction of sp³-hybridized carbons (Fsp3) is 0.500. The first-order valence-corrected chi connectivity index (χ1v) is 9.23. The Morgan fingerprint density at radius 1 is 1.28 bits per heavy atom. The zero-order chi connectivity index (χ0) is 21.3. The van der Waals surface area contributed by atoms with E-state index in [0.29, 0.717) is 40.5 Å². The van der Waals surface area contributed by atoms with Crippen molar-refractivity contribution in [3.05, 3.63) is 33.4 Å². The van der Waals surface area contributed by atoms with Crippen LogP contribution in [0.15, 0.2) is 0 Å². The zero-order valence-electron chi connectivity index (χ0n) is 16.0. The molecule has 3 aromatic heterocycles. The Balaban J connectivity index is 1.71. The van der Waals surface area contributed by atoms with Gasteiger partial charge in [-0.2, -0.15) is 23.3 Å². The number of aryl methyl sites for hydroxylation is 2. The summed E-state index contributed by atoms with van der Waals surface area (Å²) in [4.78, 5) is 19.8. The number of aromatic nitrogens is 7. The number of alkyl halides is 3. The van der Waals surface area contributed by atoms with Crippen molar-refractivity contribution in [3.8, 4) is 0 Å². The Bertz CT molecular complexity index is 1110. The number of aromatic amines is 1. The number of rotatable bonds is 6. The molecular weight excluding hydrogens is 409 g/mol. The molecule has 9 nitrogen and oxygen atoms in total. The summed E-state index contributed by atoms with van der Waals surface area (Å²) < 4.78 is 41.9. The van der Waals surface area contributed by atoms with Crippen molar-refractivity contribution < 1.29 is 18.0 Å². The summed E-state index contributed by atoms with van der Waals surface area (Å²) in [5.74, 6) is -0.978. The van der Waals surface area contributed by atoms with Gasteiger partial charge in [0.2, 0.25) is 5.91 Å². The Labute approximate surface area is 168 Å². The molecule has 0 spiro atoms. The van der Waals surface area contributed by atoms with Crippen molar-refractivity contribution in [1.29, 1.82) is 0 Å². The molecule has 0 bridgehead atoms. The van der Waals surface area contributed by atoms with E-state index in [4.69, 9.17) is 12.2 Å². The second-order valence-corrected chi connectivity index (χ2v) is 6.76. The van der Waals surface area contributed by atoms with Crippen LogP contribution in [-0.4, -0.2) is 40.3 Å². The molecule has 1 amide bonds. The third-order valence-corrected chi connectivity index (χ3v) is 4.81. The molecule has 3 heterocycles. The van der Waals surface area contributed by atoms with Crippen LogP contribution in [0.25, 0.3) is 5.78 Å². The Hall–Kier alpha value is -2.83. The van der Waals surface area contributed by atoms with Crippen LogP contribution < -0.4 is 5.32 Å². The predicted octanol–water partition coefficient (Wildman–Crippen LogP) is 2.28. The smallest absolute Gasteiger partial charge is 0.349 e. The molecule has 0 aromatic carbocycles. The highest BCUT2D eigenvalue weighted by atomic mass is 32.1. The van der Waals surface area contributed by atoms with Crippen molar-refractivity contribution >= 4 is 23.9 Å². The van der Waals surface area contributed by atoms with Gasteiger partial charge in [-0.25, -0.2) is 9.50 Å². The topological polar surface area (TPSA) is 106 Å². The maximum Gasteiger partial charge on any atom is 0.453 e. The van der Waals surface area contributed by atoms with Gasteiger partial charge in [0.1, 0.15) is 0 Å². The molecule has 0 saturated heterocycles. The molecule has 156 valence electrons. The molecule has 2 N–H and O–H groups in total. The summed E-state index contributed by atoms with van der Waals surface area (Å²) in [5.41, 5.74) is 1.63. The number of nitrogens with one attached hydrogen (secondary N) is 2. The van der Waals surface area contributed by atoms with Crippen LogP contribution in [0, 0.1) is 18.6 Å². The molecule has 13 heteroatoms. The molecule has 3 aromatic rings. The van der Waals surface area contributed by atoms with Crippen molar-refractivity contribution in [2.24, 2.45) is 0 Å². The predicted molar refractivity (Wildman–Crippen MR) is 98.5 cm³/mol. The minimum absolute atomic E-state index is 0.122. The van der Waals surface area contributed by atoms with Gasteiger partial charge < -0.3 is 9.88 Å². The minimum atomic E-state index is -4.65. The molecule has 0 unspecified atom stereocenters. The Morgan fingerprint density at radius 2 is 2.00 bits per heavy atom. The molecule has 0 saturated carbocycles. The maximum atomic E-state index is 12.9. The van der Waals surface area contributed by atoms with Gasteiger partial charge in [0.15, 0.2) is 10.6 Å². The minimum Gasteiger partial charge on any atom is -0.349 e. The highest BCUT2D eigenvalue weighted by Crippen LogP contribution is 2.27. The molecule has 0 aliphatic carbocycles. The first kappa shape index (κ1) is 20.9. The fourth-order valence-electron chi connectivity index (χ4n) is 3.01. The van der Waals surface area contributed by atoms with Gasteiger partial charge in [-0.3, -0.25) is 9.89 Å². The number of halogens is 3. The third kappa shape index (κ3) is 4.28. The lowest BCUT2D eigenvalue weighted by atomic mass is 10.1. The lowest BCUT2D eigenvalue weighted by molar-refractivity contribution is -0.144. The lowest BCUT2D eigenvalue weighted by Crippen LogP contribution is -2.25. The largest absolute Gasteiger partial charge is 0.453 e. The summed E-state index contributed by atoms with van der Waals surface area (Å²) in [6, 6.07) is 0. The number of carbonyl (C=O) groups excluding carboxylic acids is 1. The number of amides is 1. The van der Waals surface area contributed by atoms with Crippen molar-refractivity contribution in [2.45, 2.75) is 52.9 Å². The third-order valence-electron chi connectivity index (χ3n) is 4.50. The summed E-state index contributed by atoms with van der Waals surface area (Å²) in [7, 11) is 0. The Morgan fingerprint density at radius 3 is 2.66 bits per heavy atom. The van der Waals surface area contributed by atoms with Gasteiger partial charge in [0.05, 0.1) is 6.54 Å². The Kier molecular flexibility index (Phi) is 5.68. The molecule has 0 atom stereocenters. The fourth-order valence-corrected chi connectivity index (χ4v) is 3.29. The van der Waals surface area contributed by atoms with E-state index in [-0.39, 0.29) is 24.7 Å². The molecule has 0 aliphatic rings. The van der Waals surface area contributed by atoms with Crippen molar-refractivity contribution in [3.63, 3.8) is 0 Å². The molecular formula is C16H19F3N8OS. The monoisotopic (exact) mass is 428 g/mol. The van der Waals surface area contributed by atoms with Gasteiger partial charge in [-0.05, 0) is 45.0 Å². The molecule has 29 heavy (non-hydrogen) atoms. The van der Waals surface area contributed by atoms with E-state index in [1.165, 1.54) is 0 Å². The van der Waals surface area contributed by atoms with Gasteiger partial charge in [0, 0.05) is 24.4 Å². The van der Waals surface area contributed by atoms with E-state index < -0.39 is 12.0 Å². The number of H-pyrrole nitrogens is 1. The summed E-state index contributed by atoms with van der Waals surface area (Å²) >= 11 is 5.10. The van der Waals surface area contributed by atoms with Crippen LogP contribution in [0.5, 0.6) is 0 Å². The van der Waals surface area contributed by atoms with Crippen LogP contribution in [0.1, 0.15) is 41.9 Å². The molecule has 0 aliphatic heterocycles. The normalized spacial score (nSPS) is 11.9. The van der Waals surface area contributed by atoms with Crippen LogP contribution in [0.3, 0.4) is 0 Å². The lowest BCUT2D eigenvalue weighted by Gasteiger charge is -2.10. The van der Waals surface area contributed by atoms with E-state index in [0.717, 1.165) is 4.52 Å². The van der Waals surface area contributed by atoms with E-state index >= 15 is 0 Å². The highest BCUT2D eigenvalue weighted by Gasteiger charge is 2.36. The van der Waals surface area contributed by atoms with Gasteiger partial charge >= 0.3 is 6.18 Å². The van der Waals surface area contributed by atoms with Crippen LogP contribution in [-0.2, 0) is 30.5 Å². The highest BCUT2D eigenvalue weighted by molar-refractivity contribution is 7.71. The average Bonchev–Trinajstić information content (AvgIpc) is 3.22. The van der Waals surface area contributed by atoms with Gasteiger partial charge in [-0.1, -0.05) is 0 Å². The second-order valence-electron chi connectivity index (χ2n) is 6.37. The first-order valence-electron chi connectivity index (χ1n) is 8.82. The quantitative estimate of drug-likeness (QED) is 0.584. The number of hydrogen-bond donors (Lipinski definition) is 2. The van der Waals surface area contributed by atoms with Crippen LogP contribution in [0.2, 0.25) is 0 Å². The second kappa shape index (κ2) is 7.89. The number of carbonyl (C=O) groups is 1. The standard InChI is InChI=1S/C16H19F3N8OS/c1-4-26-11(23-24-15(26)29)7-20-12(28)6-5-10-8(2)21-14-22-13(16(17,18)19)25-27(14)9(10)3/h4-7H2,1-3H3,(H,20,28)(H,24,29). The van der Waals surface area contributed by atoms with E-state index in [1.54, 1.807) is 18.4 Å². The maximum absolute atomic E-state index is 12.9. The van der Waals surface area contributed by atoms with E-state index in [1.807, 2.05) is 6.92 Å². The van der Waals surface area contributed by atoms with Gasteiger partial charge in [-0.15, -0.1) is 5.10 Å². The summed E-state index contributed by atoms with van der Waals surface area (Å²) in [6.07, 6.45) is -4.22. The zero-order valence-corrected chi connectivity index (χ0v) is 16.8. The van der Waals surface area contributed by atoms with E-state index in [2.05, 4.69) is 30.6 Å². The number of fused-ring (bicyclic) bond motifs is 1.